The molecule has 1 aliphatic carbocycles. The molecule has 2 aliphatic heterocycles. The third-order valence-corrected chi connectivity index (χ3v) is 6.54. The van der Waals surface area contributed by atoms with E-state index in [-0.39, 0.29) is 18.4 Å². The summed E-state index contributed by atoms with van der Waals surface area (Å²) in [6.45, 7) is 4.07. The quantitative estimate of drug-likeness (QED) is 0.773. The van der Waals surface area contributed by atoms with E-state index in [1.165, 1.54) is 0 Å². The van der Waals surface area contributed by atoms with E-state index >= 15 is 0 Å². The summed E-state index contributed by atoms with van der Waals surface area (Å²) >= 11 is 6.12. The summed E-state index contributed by atoms with van der Waals surface area (Å²) in [4.78, 5) is 30.3. The molecule has 146 valence electrons. The first-order valence-corrected chi connectivity index (χ1v) is 10.4. The lowest BCUT2D eigenvalue weighted by Crippen LogP contribution is -2.57. The highest BCUT2D eigenvalue weighted by Gasteiger charge is 2.54. The molecule has 0 aromatic heterocycles. The fraction of sp³-hybridized carbons (Fsp3) is 0.619. The van der Waals surface area contributed by atoms with Gasteiger partial charge in [0, 0.05) is 23.7 Å². The van der Waals surface area contributed by atoms with Crippen LogP contribution in [0.5, 0.6) is 0 Å². The number of halogens is 1. The molecule has 0 radical (unpaired) electrons. The number of rotatable bonds is 2. The lowest BCUT2D eigenvalue weighted by molar-refractivity contribution is -0.136. The smallest absolute Gasteiger partial charge is 0.256 e. The van der Waals surface area contributed by atoms with Crippen LogP contribution in [0.4, 0.5) is 0 Å². The molecule has 27 heavy (non-hydrogen) atoms. The fourth-order valence-corrected chi connectivity index (χ4v) is 4.87. The molecule has 6 heteroatoms. The Morgan fingerprint density at radius 3 is 2.56 bits per heavy atom. The van der Waals surface area contributed by atoms with E-state index < -0.39 is 11.8 Å². The summed E-state index contributed by atoms with van der Waals surface area (Å²) in [5.74, 6) is 0.496. The Bertz CT molecular complexity index is 724. The van der Waals surface area contributed by atoms with E-state index in [9.17, 15) is 9.59 Å². The predicted molar refractivity (Wildman–Crippen MR) is 104 cm³/mol. The molecule has 0 N–H and O–H groups in total. The van der Waals surface area contributed by atoms with Gasteiger partial charge in [0.05, 0.1) is 6.61 Å². The Labute approximate surface area is 165 Å². The van der Waals surface area contributed by atoms with Gasteiger partial charge >= 0.3 is 0 Å². The van der Waals surface area contributed by atoms with E-state index in [0.717, 1.165) is 51.6 Å². The zero-order valence-electron chi connectivity index (χ0n) is 15.8. The lowest BCUT2D eigenvalue weighted by Gasteiger charge is -2.43. The summed E-state index contributed by atoms with van der Waals surface area (Å²) in [6.07, 6.45) is 5.64. The minimum Gasteiger partial charge on any atom is -0.353 e. The van der Waals surface area contributed by atoms with Gasteiger partial charge in [-0.1, -0.05) is 24.6 Å². The normalized spacial score (nSPS) is 30.9. The standard InChI is InChI=1S/C21H27ClN2O3/c1-15-7-9-21(10-8-15)24(19(25)16-5-4-6-17(22)13-16)18(14-27-21)20(26)23-11-2-3-12-23/h4-6,13,15,18H,2-3,7-12,14H2,1H3/t15?,18-,21?/m0/s1. The van der Waals surface area contributed by atoms with Crippen LogP contribution in [0.25, 0.3) is 0 Å². The van der Waals surface area contributed by atoms with Crippen molar-refractivity contribution in [3.05, 3.63) is 34.9 Å². The highest BCUT2D eigenvalue weighted by Crippen LogP contribution is 2.43. The summed E-state index contributed by atoms with van der Waals surface area (Å²) in [7, 11) is 0. The molecule has 1 spiro atoms. The van der Waals surface area contributed by atoms with Gasteiger partial charge in [-0.15, -0.1) is 0 Å². The number of ether oxygens (including phenoxy) is 1. The molecule has 2 saturated heterocycles. The molecule has 1 aromatic rings. The van der Waals surface area contributed by atoms with Gasteiger partial charge in [-0.3, -0.25) is 14.5 Å². The molecule has 3 fully saturated rings. The lowest BCUT2D eigenvalue weighted by atomic mass is 9.83. The molecular formula is C21H27ClN2O3. The van der Waals surface area contributed by atoms with Crippen molar-refractivity contribution >= 4 is 23.4 Å². The maximum Gasteiger partial charge on any atom is 0.256 e. The Balaban J connectivity index is 1.67. The van der Waals surface area contributed by atoms with Crippen molar-refractivity contribution in [2.45, 2.75) is 57.2 Å². The molecule has 1 aromatic carbocycles. The van der Waals surface area contributed by atoms with Gasteiger partial charge in [0.2, 0.25) is 5.91 Å². The fourth-order valence-electron chi connectivity index (χ4n) is 4.68. The van der Waals surface area contributed by atoms with Crippen LogP contribution in [0.2, 0.25) is 5.02 Å². The molecule has 1 saturated carbocycles. The molecule has 2 amide bonds. The highest BCUT2D eigenvalue weighted by molar-refractivity contribution is 6.31. The van der Waals surface area contributed by atoms with Gasteiger partial charge in [0.1, 0.15) is 11.8 Å². The number of likely N-dealkylation sites (tertiary alicyclic amines) is 1. The molecule has 4 rings (SSSR count). The summed E-state index contributed by atoms with van der Waals surface area (Å²) < 4.78 is 6.23. The number of carbonyl (C=O) groups excluding carboxylic acids is 2. The topological polar surface area (TPSA) is 49.9 Å². The summed E-state index contributed by atoms with van der Waals surface area (Å²) in [5.41, 5.74) is -0.142. The Kier molecular flexibility index (Phi) is 5.17. The van der Waals surface area contributed by atoms with E-state index in [1.807, 2.05) is 4.90 Å². The average molecular weight is 391 g/mol. The van der Waals surface area contributed by atoms with E-state index in [4.69, 9.17) is 16.3 Å². The molecule has 1 atom stereocenters. The monoisotopic (exact) mass is 390 g/mol. The number of benzene rings is 1. The summed E-state index contributed by atoms with van der Waals surface area (Å²) in [6, 6.07) is 6.44. The zero-order chi connectivity index (χ0) is 19.0. The van der Waals surface area contributed by atoms with E-state index in [2.05, 4.69) is 6.92 Å². The van der Waals surface area contributed by atoms with Crippen LogP contribution in [-0.4, -0.2) is 53.1 Å². The molecule has 0 bridgehead atoms. The van der Waals surface area contributed by atoms with Crippen LogP contribution in [0, 0.1) is 5.92 Å². The second kappa shape index (κ2) is 7.44. The van der Waals surface area contributed by atoms with Crippen molar-refractivity contribution in [3.63, 3.8) is 0 Å². The van der Waals surface area contributed by atoms with Crippen molar-refractivity contribution < 1.29 is 14.3 Å². The van der Waals surface area contributed by atoms with Gasteiger partial charge in [-0.05, 0) is 62.6 Å². The van der Waals surface area contributed by atoms with Crippen LogP contribution in [0.3, 0.4) is 0 Å². The molecule has 3 aliphatic rings. The van der Waals surface area contributed by atoms with Gasteiger partial charge in [-0.2, -0.15) is 0 Å². The van der Waals surface area contributed by atoms with Crippen LogP contribution in [0.1, 0.15) is 55.8 Å². The van der Waals surface area contributed by atoms with Crippen LogP contribution in [-0.2, 0) is 9.53 Å². The Hall–Kier alpha value is -1.59. The van der Waals surface area contributed by atoms with Gasteiger partial charge in [0.15, 0.2) is 0 Å². The Morgan fingerprint density at radius 2 is 1.89 bits per heavy atom. The maximum atomic E-state index is 13.5. The first-order chi connectivity index (χ1) is 13.0. The average Bonchev–Trinajstić information content (AvgIpc) is 3.32. The van der Waals surface area contributed by atoms with E-state index in [0.29, 0.717) is 16.5 Å². The minimum absolute atomic E-state index is 0.0263. The van der Waals surface area contributed by atoms with Crippen LogP contribution < -0.4 is 0 Å². The largest absolute Gasteiger partial charge is 0.353 e. The van der Waals surface area contributed by atoms with Crippen molar-refractivity contribution in [1.82, 2.24) is 9.80 Å². The minimum atomic E-state index is -0.661. The van der Waals surface area contributed by atoms with Gasteiger partial charge in [-0.25, -0.2) is 0 Å². The number of hydrogen-bond acceptors (Lipinski definition) is 3. The SMILES string of the molecule is CC1CCC2(CC1)OC[C@@H](C(=O)N1CCCC1)N2C(=O)c1cccc(Cl)c1. The number of carbonyl (C=O) groups is 2. The molecule has 2 heterocycles. The van der Waals surface area contributed by atoms with Crippen molar-refractivity contribution in [1.29, 1.82) is 0 Å². The number of nitrogens with zero attached hydrogens (tertiary/aromatic N) is 2. The number of amides is 2. The summed E-state index contributed by atoms with van der Waals surface area (Å²) in [5, 5.41) is 0.523. The first kappa shape index (κ1) is 18.8. The van der Waals surface area contributed by atoms with Crippen molar-refractivity contribution in [2.75, 3.05) is 19.7 Å². The van der Waals surface area contributed by atoms with Gasteiger partial charge in [0.25, 0.3) is 5.91 Å². The Morgan fingerprint density at radius 1 is 1.19 bits per heavy atom. The molecule has 5 nitrogen and oxygen atoms in total. The third-order valence-electron chi connectivity index (χ3n) is 6.31. The second-order valence-electron chi connectivity index (χ2n) is 8.17. The first-order valence-electron chi connectivity index (χ1n) is 10.0. The second-order valence-corrected chi connectivity index (χ2v) is 8.61. The predicted octanol–water partition coefficient (Wildman–Crippen LogP) is 3.71. The van der Waals surface area contributed by atoms with Crippen molar-refractivity contribution in [3.8, 4) is 0 Å². The number of hydrogen-bond donors (Lipinski definition) is 0. The van der Waals surface area contributed by atoms with Gasteiger partial charge < -0.3 is 9.64 Å². The van der Waals surface area contributed by atoms with E-state index in [1.54, 1.807) is 29.2 Å². The van der Waals surface area contributed by atoms with Crippen molar-refractivity contribution in [2.24, 2.45) is 5.92 Å². The van der Waals surface area contributed by atoms with Crippen LogP contribution in [0.15, 0.2) is 24.3 Å². The van der Waals surface area contributed by atoms with Crippen LogP contribution >= 0.6 is 11.6 Å². The highest BCUT2D eigenvalue weighted by atomic mass is 35.5. The maximum absolute atomic E-state index is 13.5. The zero-order valence-corrected chi connectivity index (χ0v) is 16.6. The molecular weight excluding hydrogens is 364 g/mol. The third kappa shape index (κ3) is 3.47. The molecule has 0 unspecified atom stereocenters.